The molecule has 2 aromatic heterocycles. The number of nitrogens with one attached hydrogen (secondary N) is 1. The predicted octanol–water partition coefficient (Wildman–Crippen LogP) is 7.81. The third kappa shape index (κ3) is 5.06. The molecule has 0 saturated carbocycles. The summed E-state index contributed by atoms with van der Waals surface area (Å²) in [6.45, 7) is 17.5. The minimum Gasteiger partial charge on any atom is -0.258 e. The quantitative estimate of drug-likeness (QED) is 0.313. The van der Waals surface area contributed by atoms with Gasteiger partial charge in [-0.05, 0) is 68.4 Å². The third-order valence-electron chi connectivity index (χ3n) is 7.46. The molecule has 34 heavy (non-hydrogen) atoms. The average Bonchev–Trinajstić information content (AvgIpc) is 3.36. The Morgan fingerprint density at radius 3 is 1.94 bits per heavy atom. The molecule has 0 saturated heterocycles. The number of aromatic nitrogens is 4. The lowest BCUT2D eigenvalue weighted by Crippen LogP contribution is -2.14. The number of fused-ring (bicyclic) bond motifs is 1. The van der Waals surface area contributed by atoms with Crippen LogP contribution in [0.5, 0.6) is 0 Å². The highest BCUT2D eigenvalue weighted by Gasteiger charge is 2.28. The Kier molecular flexibility index (Phi) is 8.23. The van der Waals surface area contributed by atoms with Gasteiger partial charge in [-0.25, -0.2) is 0 Å². The lowest BCUT2D eigenvalue weighted by atomic mass is 9.86. The Hall–Kier alpha value is -2.61. The largest absolute Gasteiger partial charge is 0.258 e. The summed E-state index contributed by atoms with van der Waals surface area (Å²) >= 11 is 0. The molecule has 5 heteroatoms. The molecule has 0 atom stereocenters. The summed E-state index contributed by atoms with van der Waals surface area (Å²) in [4.78, 5) is 0. The fraction of sp³-hybridized carbons (Fsp3) is 0.621. The summed E-state index contributed by atoms with van der Waals surface area (Å²) in [5, 5.41) is 22.4. The van der Waals surface area contributed by atoms with Crippen LogP contribution in [-0.2, 0) is 11.8 Å². The summed E-state index contributed by atoms with van der Waals surface area (Å²) in [5.41, 5.74) is 9.72. The second-order valence-corrected chi connectivity index (χ2v) is 11.0. The van der Waals surface area contributed by atoms with Gasteiger partial charge >= 0.3 is 0 Å². The van der Waals surface area contributed by atoms with Crippen LogP contribution in [0.15, 0.2) is 0 Å². The molecule has 0 bridgehead atoms. The molecule has 1 N–H and O–H groups in total. The van der Waals surface area contributed by atoms with Gasteiger partial charge in [0.05, 0.1) is 5.69 Å². The lowest BCUT2D eigenvalue weighted by Gasteiger charge is -2.20. The number of nitriles is 1. The first kappa shape index (κ1) is 26.0. The van der Waals surface area contributed by atoms with Gasteiger partial charge in [0, 0.05) is 11.0 Å². The molecular weight excluding hydrogens is 418 g/mol. The fourth-order valence-corrected chi connectivity index (χ4v) is 5.16. The maximum Gasteiger partial charge on any atom is 0.183 e. The number of unbranched alkanes of at least 4 members (excludes halogenated alkanes) is 7. The van der Waals surface area contributed by atoms with Gasteiger partial charge in [-0.15, -0.1) is 0 Å². The maximum atomic E-state index is 9.81. The summed E-state index contributed by atoms with van der Waals surface area (Å²) in [6, 6.07) is 2.34. The molecule has 0 aliphatic heterocycles. The molecule has 5 nitrogen and oxygen atoms in total. The van der Waals surface area contributed by atoms with E-state index in [1.165, 1.54) is 79.2 Å². The van der Waals surface area contributed by atoms with Crippen LogP contribution in [0.1, 0.15) is 118 Å². The number of hydrogen-bond acceptors (Lipinski definition) is 3. The van der Waals surface area contributed by atoms with Crippen molar-refractivity contribution in [2.75, 3.05) is 0 Å². The number of H-pyrrole nitrogens is 1. The Bertz CT molecular complexity index is 1150. The standard InChI is InChI=1S/C29H43N5/c1-9-10-11-12-13-14-15-16-17-23-19(2)21(4)25(22(5)20(23)3)28-32-31-27-24(18-30)26(29(6,7)8)33-34(27)28/h31H,9-17H2,1-8H3. The van der Waals surface area contributed by atoms with Crippen LogP contribution >= 0.6 is 0 Å². The molecule has 0 radical (unpaired) electrons. The molecule has 0 aliphatic carbocycles. The minimum absolute atomic E-state index is 0.217. The molecule has 0 amide bonds. The first-order chi connectivity index (χ1) is 16.1. The van der Waals surface area contributed by atoms with E-state index < -0.39 is 0 Å². The number of nitrogens with zero attached hydrogens (tertiary/aromatic N) is 4. The van der Waals surface area contributed by atoms with E-state index in [1.807, 2.05) is 4.52 Å². The number of benzene rings is 1. The van der Waals surface area contributed by atoms with Crippen LogP contribution in [0.2, 0.25) is 0 Å². The third-order valence-corrected chi connectivity index (χ3v) is 7.46. The second kappa shape index (κ2) is 10.8. The van der Waals surface area contributed by atoms with E-state index in [4.69, 9.17) is 5.10 Å². The SMILES string of the molecule is CCCCCCCCCCc1c(C)c(C)c(-c2n[nH]c3c(C#N)c(C(C)(C)C)nn23)c(C)c1C. The van der Waals surface area contributed by atoms with Gasteiger partial charge in [0.1, 0.15) is 11.6 Å². The number of rotatable bonds is 10. The van der Waals surface area contributed by atoms with Gasteiger partial charge in [-0.2, -0.15) is 20.0 Å². The van der Waals surface area contributed by atoms with E-state index >= 15 is 0 Å². The van der Waals surface area contributed by atoms with E-state index in [0.717, 1.165) is 23.5 Å². The molecule has 3 aromatic rings. The zero-order valence-electron chi connectivity index (χ0n) is 22.7. The Morgan fingerprint density at radius 2 is 1.41 bits per heavy atom. The van der Waals surface area contributed by atoms with Crippen LogP contribution < -0.4 is 0 Å². The number of hydrogen-bond donors (Lipinski definition) is 1. The highest BCUT2D eigenvalue weighted by atomic mass is 15.4. The summed E-state index contributed by atoms with van der Waals surface area (Å²) in [5.74, 6) is 0.793. The lowest BCUT2D eigenvalue weighted by molar-refractivity contribution is 0.561. The smallest absolute Gasteiger partial charge is 0.183 e. The fourth-order valence-electron chi connectivity index (χ4n) is 5.16. The van der Waals surface area contributed by atoms with Crippen molar-refractivity contribution in [1.29, 1.82) is 5.26 Å². The van der Waals surface area contributed by atoms with Crippen molar-refractivity contribution < 1.29 is 0 Å². The predicted molar refractivity (Wildman–Crippen MR) is 141 cm³/mol. The van der Waals surface area contributed by atoms with E-state index in [9.17, 15) is 5.26 Å². The topological polar surface area (TPSA) is 69.8 Å². The van der Waals surface area contributed by atoms with Gasteiger partial charge < -0.3 is 0 Å². The molecule has 2 heterocycles. The molecule has 0 aliphatic rings. The Morgan fingerprint density at radius 1 is 0.853 bits per heavy atom. The molecule has 0 spiro atoms. The van der Waals surface area contributed by atoms with Gasteiger partial charge in [0.15, 0.2) is 11.5 Å². The first-order valence-electron chi connectivity index (χ1n) is 13.1. The minimum atomic E-state index is -0.217. The number of aromatic amines is 1. The van der Waals surface area contributed by atoms with E-state index in [1.54, 1.807) is 0 Å². The van der Waals surface area contributed by atoms with Gasteiger partial charge in [-0.1, -0.05) is 72.6 Å². The van der Waals surface area contributed by atoms with Crippen LogP contribution in [0.4, 0.5) is 0 Å². The molecule has 1 aromatic carbocycles. The molecule has 0 fully saturated rings. The van der Waals surface area contributed by atoms with Crippen LogP contribution in [0.25, 0.3) is 17.0 Å². The highest BCUT2D eigenvalue weighted by molar-refractivity contribution is 5.73. The van der Waals surface area contributed by atoms with Gasteiger partial charge in [0.2, 0.25) is 0 Å². The summed E-state index contributed by atoms with van der Waals surface area (Å²) in [6.07, 6.45) is 11.9. The van der Waals surface area contributed by atoms with E-state index in [-0.39, 0.29) is 5.41 Å². The normalized spacial score (nSPS) is 12.0. The first-order valence-corrected chi connectivity index (χ1v) is 13.1. The summed E-state index contributed by atoms with van der Waals surface area (Å²) in [7, 11) is 0. The van der Waals surface area contributed by atoms with Crippen molar-refractivity contribution in [2.24, 2.45) is 0 Å². The Labute approximate surface area is 206 Å². The van der Waals surface area contributed by atoms with Crippen LogP contribution in [0.3, 0.4) is 0 Å². The Balaban J connectivity index is 1.88. The van der Waals surface area contributed by atoms with Crippen molar-refractivity contribution in [3.8, 4) is 17.5 Å². The van der Waals surface area contributed by atoms with Crippen molar-refractivity contribution in [1.82, 2.24) is 19.8 Å². The van der Waals surface area contributed by atoms with E-state index in [0.29, 0.717) is 11.2 Å². The van der Waals surface area contributed by atoms with Crippen LogP contribution in [-0.4, -0.2) is 19.8 Å². The van der Waals surface area contributed by atoms with Crippen molar-refractivity contribution in [3.63, 3.8) is 0 Å². The summed E-state index contributed by atoms with van der Waals surface area (Å²) < 4.78 is 1.84. The van der Waals surface area contributed by atoms with Gasteiger partial charge in [-0.3, -0.25) is 5.10 Å². The molecule has 0 unspecified atom stereocenters. The molecule has 184 valence electrons. The maximum absolute atomic E-state index is 9.81. The van der Waals surface area contributed by atoms with Crippen molar-refractivity contribution in [2.45, 2.75) is 119 Å². The molecular formula is C29H43N5. The zero-order valence-corrected chi connectivity index (χ0v) is 22.7. The second-order valence-electron chi connectivity index (χ2n) is 11.0. The zero-order chi connectivity index (χ0) is 25.0. The molecule has 3 rings (SSSR count). The highest BCUT2D eigenvalue weighted by Crippen LogP contribution is 2.36. The van der Waals surface area contributed by atoms with Crippen molar-refractivity contribution >= 4 is 5.65 Å². The van der Waals surface area contributed by atoms with Crippen molar-refractivity contribution in [3.05, 3.63) is 39.1 Å². The average molecular weight is 462 g/mol. The van der Waals surface area contributed by atoms with Crippen LogP contribution in [0, 0.1) is 39.0 Å². The van der Waals surface area contributed by atoms with Gasteiger partial charge in [0.25, 0.3) is 0 Å². The van der Waals surface area contributed by atoms with E-state index in [2.05, 4.69) is 71.7 Å². The monoisotopic (exact) mass is 461 g/mol.